The molecule has 0 aliphatic carbocycles. The largest absolute Gasteiger partial charge is 0.341 e. The average molecular weight is 309 g/mol. The summed E-state index contributed by atoms with van der Waals surface area (Å²) < 4.78 is 1.74. The number of anilines is 1. The monoisotopic (exact) mass is 309 g/mol. The van der Waals surface area contributed by atoms with Crippen LogP contribution in [0.1, 0.15) is 25.5 Å². The van der Waals surface area contributed by atoms with Crippen molar-refractivity contribution in [1.29, 1.82) is 0 Å². The van der Waals surface area contributed by atoms with Crippen LogP contribution in [0.3, 0.4) is 0 Å². The van der Waals surface area contributed by atoms with Gasteiger partial charge in [-0.25, -0.2) is 19.5 Å². The van der Waals surface area contributed by atoms with E-state index in [1.165, 1.54) is 19.2 Å². The van der Waals surface area contributed by atoms with E-state index in [0.29, 0.717) is 5.78 Å². The first kappa shape index (κ1) is 14.0. The van der Waals surface area contributed by atoms with Crippen molar-refractivity contribution in [2.24, 2.45) is 5.92 Å². The van der Waals surface area contributed by atoms with Gasteiger partial charge in [-0.15, -0.1) is 0 Å². The molecule has 0 unspecified atom stereocenters. The van der Waals surface area contributed by atoms with Crippen LogP contribution in [0.4, 0.5) is 5.95 Å². The minimum Gasteiger partial charge on any atom is -0.341 e. The van der Waals surface area contributed by atoms with Crippen LogP contribution < -0.4 is 4.90 Å². The third-order valence-electron chi connectivity index (χ3n) is 4.53. The summed E-state index contributed by atoms with van der Waals surface area (Å²) in [7, 11) is 0. The number of rotatable bonds is 2. The van der Waals surface area contributed by atoms with Crippen molar-refractivity contribution in [3.63, 3.8) is 0 Å². The average Bonchev–Trinajstić information content (AvgIpc) is 3.06. The van der Waals surface area contributed by atoms with E-state index in [2.05, 4.69) is 31.9 Å². The Morgan fingerprint density at radius 2 is 1.96 bits per heavy atom. The molecule has 0 N–H and O–H groups in total. The van der Waals surface area contributed by atoms with Gasteiger partial charge in [0.2, 0.25) is 5.95 Å². The van der Waals surface area contributed by atoms with Crippen LogP contribution in [0.5, 0.6) is 0 Å². The zero-order valence-electron chi connectivity index (χ0n) is 13.3. The van der Waals surface area contributed by atoms with Gasteiger partial charge in [-0.05, 0) is 31.7 Å². The summed E-state index contributed by atoms with van der Waals surface area (Å²) in [6, 6.07) is 1.92. The highest BCUT2D eigenvalue weighted by Gasteiger charge is 2.19. The maximum atomic E-state index is 4.76. The molecular weight excluding hydrogens is 290 g/mol. The van der Waals surface area contributed by atoms with Gasteiger partial charge in [0, 0.05) is 31.0 Å². The smallest absolute Gasteiger partial charge is 0.252 e. The molecule has 0 amide bonds. The molecule has 3 aromatic rings. The fourth-order valence-electron chi connectivity index (χ4n) is 3.00. The van der Waals surface area contributed by atoms with Crippen molar-refractivity contribution < 1.29 is 0 Å². The predicted octanol–water partition coefficient (Wildman–Crippen LogP) is 2.13. The van der Waals surface area contributed by atoms with Gasteiger partial charge in [0.05, 0.1) is 11.4 Å². The lowest BCUT2D eigenvalue weighted by Crippen LogP contribution is -2.34. The molecule has 1 aliphatic heterocycles. The topological polar surface area (TPSA) is 72.1 Å². The molecule has 23 heavy (non-hydrogen) atoms. The normalized spacial score (nSPS) is 16.2. The highest BCUT2D eigenvalue weighted by atomic mass is 15.3. The predicted molar refractivity (Wildman–Crippen MR) is 87.2 cm³/mol. The number of hydrogen-bond acceptors (Lipinski definition) is 6. The lowest BCUT2D eigenvalue weighted by atomic mass is 10.00. The Labute approximate surface area is 134 Å². The van der Waals surface area contributed by atoms with Crippen molar-refractivity contribution in [1.82, 2.24) is 29.5 Å². The molecule has 3 aromatic heterocycles. The van der Waals surface area contributed by atoms with E-state index in [9.17, 15) is 0 Å². The molecular formula is C16H19N7. The maximum absolute atomic E-state index is 4.76. The summed E-state index contributed by atoms with van der Waals surface area (Å²) in [5, 5.41) is 4.21. The molecule has 1 saturated heterocycles. The third-order valence-corrected chi connectivity index (χ3v) is 4.53. The first-order valence-corrected chi connectivity index (χ1v) is 7.96. The first-order valence-electron chi connectivity index (χ1n) is 7.96. The van der Waals surface area contributed by atoms with E-state index in [4.69, 9.17) is 4.98 Å². The Kier molecular flexibility index (Phi) is 3.40. The fraction of sp³-hybridized carbons (Fsp3) is 0.438. The highest BCUT2D eigenvalue weighted by Crippen LogP contribution is 2.24. The van der Waals surface area contributed by atoms with E-state index < -0.39 is 0 Å². The lowest BCUT2D eigenvalue weighted by molar-refractivity contribution is 0.434. The van der Waals surface area contributed by atoms with E-state index in [1.807, 2.05) is 25.4 Å². The summed E-state index contributed by atoms with van der Waals surface area (Å²) in [5.41, 5.74) is 2.80. The number of fused-ring (bicyclic) bond motifs is 1. The summed E-state index contributed by atoms with van der Waals surface area (Å²) in [6.07, 6.45) is 7.53. The molecule has 4 heterocycles. The van der Waals surface area contributed by atoms with Gasteiger partial charge in [-0.3, -0.25) is 0 Å². The van der Waals surface area contributed by atoms with Crippen molar-refractivity contribution in [3.05, 3.63) is 30.5 Å². The second-order valence-electron chi connectivity index (χ2n) is 6.14. The van der Waals surface area contributed by atoms with Crippen LogP contribution in [0.25, 0.3) is 17.0 Å². The molecule has 7 nitrogen and oxygen atoms in total. The maximum Gasteiger partial charge on any atom is 0.252 e. The standard InChI is InChI=1S/C16H19N7/c1-11-4-7-22(8-5-11)16-17-6-3-14(21-16)13-9-18-15-19-10-20-23(15)12(13)2/h3,6,9-11H,4-5,7-8H2,1-2H3. The molecule has 1 fully saturated rings. The van der Waals surface area contributed by atoms with Crippen LogP contribution in [0.15, 0.2) is 24.8 Å². The Hall–Kier alpha value is -2.57. The molecule has 7 heteroatoms. The number of hydrogen-bond donors (Lipinski definition) is 0. The third kappa shape index (κ3) is 2.52. The number of nitrogens with zero attached hydrogens (tertiary/aromatic N) is 7. The first-order chi connectivity index (χ1) is 11.2. The molecule has 0 bridgehead atoms. The van der Waals surface area contributed by atoms with Gasteiger partial charge >= 0.3 is 0 Å². The van der Waals surface area contributed by atoms with Crippen molar-refractivity contribution in [2.45, 2.75) is 26.7 Å². The second-order valence-corrected chi connectivity index (χ2v) is 6.14. The quantitative estimate of drug-likeness (QED) is 0.722. The van der Waals surface area contributed by atoms with Crippen molar-refractivity contribution in [3.8, 4) is 11.3 Å². The molecule has 0 saturated carbocycles. The minimum atomic E-state index is 0.602. The number of piperidine rings is 1. The minimum absolute atomic E-state index is 0.602. The van der Waals surface area contributed by atoms with E-state index >= 15 is 0 Å². The fourth-order valence-corrected chi connectivity index (χ4v) is 3.00. The molecule has 0 atom stereocenters. The molecule has 0 radical (unpaired) electrons. The molecule has 0 spiro atoms. The molecule has 0 aromatic carbocycles. The Morgan fingerprint density at radius 3 is 2.78 bits per heavy atom. The molecule has 118 valence electrons. The summed E-state index contributed by atoms with van der Waals surface area (Å²) in [6.45, 7) is 6.34. The van der Waals surface area contributed by atoms with Gasteiger partial charge in [-0.2, -0.15) is 10.1 Å². The van der Waals surface area contributed by atoms with Gasteiger partial charge in [0.15, 0.2) is 0 Å². The van der Waals surface area contributed by atoms with E-state index in [0.717, 1.165) is 41.9 Å². The second kappa shape index (κ2) is 5.57. The Morgan fingerprint density at radius 1 is 1.13 bits per heavy atom. The van der Waals surface area contributed by atoms with Gasteiger partial charge in [-0.1, -0.05) is 6.92 Å². The summed E-state index contributed by atoms with van der Waals surface area (Å²) in [4.78, 5) is 19.9. The Balaban J connectivity index is 1.71. The van der Waals surface area contributed by atoms with Gasteiger partial charge in [0.1, 0.15) is 6.33 Å². The summed E-state index contributed by atoms with van der Waals surface area (Å²) >= 11 is 0. The number of aryl methyl sites for hydroxylation is 1. The number of aromatic nitrogens is 6. The van der Waals surface area contributed by atoms with Crippen LogP contribution in [0, 0.1) is 12.8 Å². The molecule has 1 aliphatic rings. The SMILES string of the molecule is Cc1c(-c2ccnc(N3CCC(C)CC3)n2)cnc2ncnn12. The van der Waals surface area contributed by atoms with E-state index in [1.54, 1.807) is 4.52 Å². The van der Waals surface area contributed by atoms with Crippen LogP contribution >= 0.6 is 0 Å². The lowest BCUT2D eigenvalue weighted by Gasteiger charge is -2.30. The summed E-state index contributed by atoms with van der Waals surface area (Å²) in [5.74, 6) is 2.19. The zero-order valence-corrected chi connectivity index (χ0v) is 13.3. The van der Waals surface area contributed by atoms with Crippen molar-refractivity contribution >= 4 is 11.7 Å². The van der Waals surface area contributed by atoms with Crippen LogP contribution in [0.2, 0.25) is 0 Å². The van der Waals surface area contributed by atoms with Crippen molar-refractivity contribution in [2.75, 3.05) is 18.0 Å². The van der Waals surface area contributed by atoms with Crippen LogP contribution in [-0.4, -0.2) is 42.6 Å². The highest BCUT2D eigenvalue weighted by molar-refractivity contribution is 5.63. The van der Waals surface area contributed by atoms with Crippen LogP contribution in [-0.2, 0) is 0 Å². The Bertz CT molecular complexity index is 833. The zero-order chi connectivity index (χ0) is 15.8. The van der Waals surface area contributed by atoms with Gasteiger partial charge in [0.25, 0.3) is 5.78 Å². The van der Waals surface area contributed by atoms with Gasteiger partial charge < -0.3 is 4.90 Å². The molecule has 4 rings (SSSR count). The van der Waals surface area contributed by atoms with E-state index in [-0.39, 0.29) is 0 Å².